The Kier molecular flexibility index (Phi) is 3.05. The number of rotatable bonds is 3. The van der Waals surface area contributed by atoms with Crippen LogP contribution in [0.2, 0.25) is 5.02 Å². The Bertz CT molecular complexity index is 447. The summed E-state index contributed by atoms with van der Waals surface area (Å²) in [6.45, 7) is 0.920. The molecule has 17 heavy (non-hydrogen) atoms. The maximum absolute atomic E-state index is 11.9. The highest BCUT2D eigenvalue weighted by atomic mass is 35.5. The summed E-state index contributed by atoms with van der Waals surface area (Å²) in [5.41, 5.74) is 1.15. The first-order valence-corrected chi connectivity index (χ1v) is 7.33. The van der Waals surface area contributed by atoms with Crippen LogP contribution in [0, 0.1) is 5.92 Å². The molecule has 1 aromatic rings. The van der Waals surface area contributed by atoms with Crippen molar-refractivity contribution >= 4 is 29.3 Å². The summed E-state index contributed by atoms with van der Waals surface area (Å²) < 4.78 is 0. The van der Waals surface area contributed by atoms with Gasteiger partial charge in [0.2, 0.25) is 5.91 Å². The van der Waals surface area contributed by atoms with E-state index in [2.05, 4.69) is 6.07 Å². The molecule has 1 saturated heterocycles. The van der Waals surface area contributed by atoms with Crippen LogP contribution in [0.5, 0.6) is 0 Å². The molecule has 90 valence electrons. The minimum atomic E-state index is 0.168. The van der Waals surface area contributed by atoms with Crippen molar-refractivity contribution in [2.45, 2.75) is 18.2 Å². The van der Waals surface area contributed by atoms with Gasteiger partial charge in [-0.2, -0.15) is 0 Å². The lowest BCUT2D eigenvalue weighted by molar-refractivity contribution is -0.128. The number of amides is 1. The number of carbonyl (C=O) groups is 1. The standard InChI is InChI=1S/C13H14ClNOS/c14-11-3-1-2-10(6-11)13-15(7-9-4-5-9)12(16)8-17-13/h1-3,6,9,13H,4-5,7-8H2. The van der Waals surface area contributed by atoms with Gasteiger partial charge in [-0.3, -0.25) is 4.79 Å². The second kappa shape index (κ2) is 4.54. The van der Waals surface area contributed by atoms with E-state index >= 15 is 0 Å². The predicted octanol–water partition coefficient (Wildman–Crippen LogP) is 3.32. The van der Waals surface area contributed by atoms with Gasteiger partial charge in [0.25, 0.3) is 0 Å². The number of nitrogens with zero attached hydrogens (tertiary/aromatic N) is 1. The molecule has 1 unspecified atom stereocenters. The highest BCUT2D eigenvalue weighted by Crippen LogP contribution is 2.42. The lowest BCUT2D eigenvalue weighted by Gasteiger charge is -2.24. The van der Waals surface area contributed by atoms with Crippen LogP contribution in [0.1, 0.15) is 23.8 Å². The zero-order valence-corrected chi connectivity index (χ0v) is 11.0. The van der Waals surface area contributed by atoms with E-state index < -0.39 is 0 Å². The maximum Gasteiger partial charge on any atom is 0.233 e. The van der Waals surface area contributed by atoms with Crippen LogP contribution in [0.25, 0.3) is 0 Å². The zero-order chi connectivity index (χ0) is 11.8. The smallest absolute Gasteiger partial charge is 0.233 e. The van der Waals surface area contributed by atoms with Crippen molar-refractivity contribution in [3.63, 3.8) is 0 Å². The molecule has 1 heterocycles. The highest BCUT2D eigenvalue weighted by Gasteiger charge is 2.36. The second-order valence-electron chi connectivity index (χ2n) is 4.71. The van der Waals surface area contributed by atoms with Crippen LogP contribution in [-0.2, 0) is 4.79 Å². The van der Waals surface area contributed by atoms with E-state index in [1.807, 2.05) is 23.1 Å². The van der Waals surface area contributed by atoms with Crippen molar-refractivity contribution in [2.75, 3.05) is 12.3 Å². The van der Waals surface area contributed by atoms with Crippen LogP contribution in [0.15, 0.2) is 24.3 Å². The van der Waals surface area contributed by atoms with Gasteiger partial charge in [-0.1, -0.05) is 23.7 Å². The number of thioether (sulfide) groups is 1. The van der Waals surface area contributed by atoms with Crippen molar-refractivity contribution in [1.29, 1.82) is 0 Å². The molecule has 0 spiro atoms. The second-order valence-corrected chi connectivity index (χ2v) is 6.21. The normalized spacial score (nSPS) is 24.4. The first-order chi connectivity index (χ1) is 8.24. The number of benzene rings is 1. The summed E-state index contributed by atoms with van der Waals surface area (Å²) >= 11 is 7.72. The maximum atomic E-state index is 11.9. The lowest BCUT2D eigenvalue weighted by Crippen LogP contribution is -2.30. The van der Waals surface area contributed by atoms with E-state index in [0.717, 1.165) is 23.0 Å². The lowest BCUT2D eigenvalue weighted by atomic mass is 10.2. The molecule has 0 bridgehead atoms. The molecule has 1 atom stereocenters. The number of hydrogen-bond donors (Lipinski definition) is 0. The van der Waals surface area contributed by atoms with Gasteiger partial charge in [0.05, 0.1) is 5.75 Å². The van der Waals surface area contributed by atoms with Crippen molar-refractivity contribution in [3.8, 4) is 0 Å². The van der Waals surface area contributed by atoms with Gasteiger partial charge in [-0.25, -0.2) is 0 Å². The quantitative estimate of drug-likeness (QED) is 0.837. The largest absolute Gasteiger partial charge is 0.326 e. The Morgan fingerprint density at radius 3 is 2.94 bits per heavy atom. The van der Waals surface area contributed by atoms with Crippen LogP contribution >= 0.6 is 23.4 Å². The van der Waals surface area contributed by atoms with Gasteiger partial charge < -0.3 is 4.90 Å². The molecule has 2 nitrogen and oxygen atoms in total. The summed E-state index contributed by atoms with van der Waals surface area (Å²) in [5, 5.41) is 0.913. The van der Waals surface area contributed by atoms with Crippen LogP contribution in [0.4, 0.5) is 0 Å². The van der Waals surface area contributed by atoms with E-state index in [0.29, 0.717) is 5.75 Å². The minimum Gasteiger partial charge on any atom is -0.326 e. The Hall–Kier alpha value is -0.670. The molecule has 1 aliphatic carbocycles. The van der Waals surface area contributed by atoms with Gasteiger partial charge in [-0.05, 0) is 36.5 Å². The monoisotopic (exact) mass is 267 g/mol. The first kappa shape index (κ1) is 11.4. The fourth-order valence-electron chi connectivity index (χ4n) is 2.17. The molecule has 1 amide bonds. The molecule has 2 aliphatic rings. The Morgan fingerprint density at radius 2 is 2.24 bits per heavy atom. The van der Waals surface area contributed by atoms with Crippen molar-refractivity contribution < 1.29 is 4.79 Å². The Balaban J connectivity index is 1.82. The number of hydrogen-bond acceptors (Lipinski definition) is 2. The number of halogens is 1. The first-order valence-electron chi connectivity index (χ1n) is 5.90. The Labute approximate surface area is 110 Å². The Morgan fingerprint density at radius 1 is 1.41 bits per heavy atom. The van der Waals surface area contributed by atoms with Crippen molar-refractivity contribution in [3.05, 3.63) is 34.9 Å². The molecule has 0 N–H and O–H groups in total. The van der Waals surface area contributed by atoms with E-state index in [1.165, 1.54) is 12.8 Å². The topological polar surface area (TPSA) is 20.3 Å². The molecule has 1 aromatic carbocycles. The summed E-state index contributed by atoms with van der Waals surface area (Å²) in [6, 6.07) is 7.85. The van der Waals surface area contributed by atoms with Gasteiger partial charge in [0.1, 0.15) is 5.37 Å². The number of carbonyl (C=O) groups excluding carboxylic acids is 1. The van der Waals surface area contributed by atoms with Gasteiger partial charge in [0.15, 0.2) is 0 Å². The average Bonchev–Trinajstić information content (AvgIpc) is 3.04. The average molecular weight is 268 g/mol. The summed E-state index contributed by atoms with van der Waals surface area (Å²) in [5.74, 6) is 1.61. The fraction of sp³-hybridized carbons (Fsp3) is 0.462. The van der Waals surface area contributed by atoms with Crippen LogP contribution in [0.3, 0.4) is 0 Å². The summed E-state index contributed by atoms with van der Waals surface area (Å²) in [7, 11) is 0. The minimum absolute atomic E-state index is 0.168. The summed E-state index contributed by atoms with van der Waals surface area (Å²) in [6.07, 6.45) is 2.55. The molecule has 0 aromatic heterocycles. The molecule has 1 aliphatic heterocycles. The molecule has 4 heteroatoms. The molecule has 2 fully saturated rings. The third-order valence-corrected chi connectivity index (χ3v) is 4.74. The SMILES string of the molecule is O=C1CSC(c2cccc(Cl)c2)N1CC1CC1. The predicted molar refractivity (Wildman–Crippen MR) is 71.1 cm³/mol. The van der Waals surface area contributed by atoms with Crippen molar-refractivity contribution in [2.24, 2.45) is 5.92 Å². The molecule has 3 rings (SSSR count). The van der Waals surface area contributed by atoms with Crippen LogP contribution in [-0.4, -0.2) is 23.1 Å². The molecular weight excluding hydrogens is 254 g/mol. The molecular formula is C13H14ClNOS. The van der Waals surface area contributed by atoms with E-state index in [1.54, 1.807) is 11.8 Å². The van der Waals surface area contributed by atoms with Gasteiger partial charge in [-0.15, -0.1) is 11.8 Å². The molecule has 0 radical (unpaired) electrons. The van der Waals surface area contributed by atoms with Crippen LogP contribution < -0.4 is 0 Å². The van der Waals surface area contributed by atoms with E-state index in [9.17, 15) is 4.79 Å². The van der Waals surface area contributed by atoms with Gasteiger partial charge >= 0.3 is 0 Å². The molecule has 1 saturated carbocycles. The van der Waals surface area contributed by atoms with E-state index in [-0.39, 0.29) is 11.3 Å². The third kappa shape index (κ3) is 2.45. The third-order valence-electron chi connectivity index (χ3n) is 3.25. The fourth-order valence-corrected chi connectivity index (χ4v) is 3.55. The van der Waals surface area contributed by atoms with Gasteiger partial charge in [0, 0.05) is 11.6 Å². The van der Waals surface area contributed by atoms with E-state index in [4.69, 9.17) is 11.6 Å². The summed E-state index contributed by atoms with van der Waals surface area (Å²) in [4.78, 5) is 13.9. The zero-order valence-electron chi connectivity index (χ0n) is 9.43. The highest BCUT2D eigenvalue weighted by molar-refractivity contribution is 8.00. The van der Waals surface area contributed by atoms with Crippen molar-refractivity contribution in [1.82, 2.24) is 4.90 Å².